The molecule has 0 aliphatic carbocycles. The van der Waals surface area contributed by atoms with E-state index < -0.39 is 0 Å². The van der Waals surface area contributed by atoms with Crippen LogP contribution in [0.2, 0.25) is 0 Å². The van der Waals surface area contributed by atoms with Crippen LogP contribution in [0.15, 0.2) is 42.5 Å². The number of fused-ring (bicyclic) bond motifs is 1. The van der Waals surface area contributed by atoms with Crippen LogP contribution < -0.4 is 5.32 Å². The highest BCUT2D eigenvalue weighted by Crippen LogP contribution is 2.23. The van der Waals surface area contributed by atoms with E-state index in [1.807, 2.05) is 36.1 Å². The van der Waals surface area contributed by atoms with Crippen molar-refractivity contribution in [2.75, 3.05) is 38.0 Å². The maximum atomic E-state index is 12.7. The number of carbonyl (C=O) groups is 1. The summed E-state index contributed by atoms with van der Waals surface area (Å²) in [6.45, 7) is 8.79. The highest BCUT2D eigenvalue weighted by atomic mass is 16.2. The first-order valence-electron chi connectivity index (χ1n) is 8.44. The van der Waals surface area contributed by atoms with E-state index in [0.29, 0.717) is 0 Å². The van der Waals surface area contributed by atoms with Crippen molar-refractivity contribution < 1.29 is 4.79 Å². The number of carbonyl (C=O) groups excluding carboxylic acids is 1. The Hall–Kier alpha value is -2.07. The van der Waals surface area contributed by atoms with Gasteiger partial charge in [0.2, 0.25) is 5.91 Å². The monoisotopic (exact) mass is 311 g/mol. The van der Waals surface area contributed by atoms with E-state index in [1.165, 1.54) is 5.39 Å². The molecule has 2 aromatic carbocycles. The molecule has 0 bridgehead atoms. The number of hydrogen-bond acceptors (Lipinski definition) is 3. The lowest BCUT2D eigenvalue weighted by Gasteiger charge is -2.35. The number of amides is 1. The van der Waals surface area contributed by atoms with Gasteiger partial charge in [-0.1, -0.05) is 43.3 Å². The molecule has 0 aromatic heterocycles. The number of piperazine rings is 1. The van der Waals surface area contributed by atoms with E-state index in [2.05, 4.69) is 35.3 Å². The molecule has 1 fully saturated rings. The third-order valence-electron chi connectivity index (χ3n) is 4.66. The van der Waals surface area contributed by atoms with Crippen LogP contribution in [0.3, 0.4) is 0 Å². The highest BCUT2D eigenvalue weighted by Gasteiger charge is 2.24. The summed E-state index contributed by atoms with van der Waals surface area (Å²) in [5.41, 5.74) is 1.02. The third-order valence-corrected chi connectivity index (χ3v) is 4.66. The van der Waals surface area contributed by atoms with Gasteiger partial charge in [0, 0.05) is 37.3 Å². The van der Waals surface area contributed by atoms with Gasteiger partial charge < -0.3 is 15.1 Å². The number of hydrogen-bond donors (Lipinski definition) is 1. The fraction of sp³-hybridized carbons (Fsp3) is 0.421. The molecule has 0 radical (unpaired) electrons. The predicted octanol–water partition coefficient (Wildman–Crippen LogP) is 2.80. The molecule has 0 unspecified atom stereocenters. The van der Waals surface area contributed by atoms with Gasteiger partial charge >= 0.3 is 0 Å². The average molecular weight is 311 g/mol. The van der Waals surface area contributed by atoms with Crippen LogP contribution in [-0.4, -0.2) is 54.5 Å². The minimum Gasteiger partial charge on any atom is -0.373 e. The summed E-state index contributed by atoms with van der Waals surface area (Å²) < 4.78 is 0. The van der Waals surface area contributed by atoms with Gasteiger partial charge in [0.1, 0.15) is 6.04 Å². The van der Waals surface area contributed by atoms with Crippen LogP contribution in [0.5, 0.6) is 0 Å². The first-order chi connectivity index (χ1) is 11.2. The van der Waals surface area contributed by atoms with Crippen LogP contribution in [0.4, 0.5) is 5.69 Å². The van der Waals surface area contributed by atoms with Gasteiger partial charge in [-0.25, -0.2) is 0 Å². The zero-order valence-electron chi connectivity index (χ0n) is 14.0. The molecular formula is C19H25N3O. The Morgan fingerprint density at radius 3 is 2.52 bits per heavy atom. The Bertz CT molecular complexity index is 672. The number of benzene rings is 2. The lowest BCUT2D eigenvalue weighted by molar-refractivity contribution is -0.133. The maximum Gasteiger partial charge on any atom is 0.244 e. The maximum absolute atomic E-state index is 12.7. The Morgan fingerprint density at radius 2 is 1.78 bits per heavy atom. The summed E-state index contributed by atoms with van der Waals surface area (Å²) in [7, 11) is 0. The Morgan fingerprint density at radius 1 is 1.09 bits per heavy atom. The van der Waals surface area contributed by atoms with E-state index >= 15 is 0 Å². The lowest BCUT2D eigenvalue weighted by Crippen LogP contribution is -2.52. The molecule has 1 N–H and O–H groups in total. The zero-order chi connectivity index (χ0) is 16.2. The number of anilines is 1. The third kappa shape index (κ3) is 3.48. The highest BCUT2D eigenvalue weighted by molar-refractivity contribution is 5.95. The molecule has 1 amide bonds. The number of nitrogens with one attached hydrogen (secondary N) is 1. The summed E-state index contributed by atoms with van der Waals surface area (Å²) in [5, 5.41) is 5.75. The SMILES string of the molecule is CCN1CCN(C(=O)[C@H](C)Nc2cccc3ccccc23)CC1. The number of nitrogens with zero attached hydrogens (tertiary/aromatic N) is 2. The molecular weight excluding hydrogens is 286 g/mol. The van der Waals surface area contributed by atoms with Crippen LogP contribution in [-0.2, 0) is 4.79 Å². The predicted molar refractivity (Wildman–Crippen MR) is 95.7 cm³/mol. The second kappa shape index (κ2) is 7.01. The van der Waals surface area contributed by atoms with Crippen molar-refractivity contribution in [3.05, 3.63) is 42.5 Å². The molecule has 1 aliphatic heterocycles. The summed E-state index contributed by atoms with van der Waals surface area (Å²) >= 11 is 0. The largest absolute Gasteiger partial charge is 0.373 e. The van der Waals surface area contributed by atoms with Gasteiger partial charge in [0.15, 0.2) is 0 Å². The molecule has 23 heavy (non-hydrogen) atoms. The van der Waals surface area contributed by atoms with E-state index in [-0.39, 0.29) is 11.9 Å². The molecule has 4 nitrogen and oxygen atoms in total. The van der Waals surface area contributed by atoms with Gasteiger partial charge in [-0.3, -0.25) is 4.79 Å². The Balaban J connectivity index is 1.68. The van der Waals surface area contributed by atoms with Gasteiger partial charge in [0.25, 0.3) is 0 Å². The normalized spacial score (nSPS) is 17.2. The minimum absolute atomic E-state index is 0.189. The van der Waals surface area contributed by atoms with Crippen molar-refractivity contribution in [2.24, 2.45) is 0 Å². The van der Waals surface area contributed by atoms with Crippen LogP contribution in [0.1, 0.15) is 13.8 Å². The first kappa shape index (κ1) is 15.8. The lowest BCUT2D eigenvalue weighted by atomic mass is 10.1. The number of rotatable bonds is 4. The fourth-order valence-corrected chi connectivity index (χ4v) is 3.20. The molecule has 0 saturated carbocycles. The molecule has 1 aliphatic rings. The van der Waals surface area contributed by atoms with E-state index in [4.69, 9.17) is 0 Å². The molecule has 0 spiro atoms. The van der Waals surface area contributed by atoms with Gasteiger partial charge in [-0.15, -0.1) is 0 Å². The van der Waals surface area contributed by atoms with Gasteiger partial charge in [-0.2, -0.15) is 0 Å². The van der Waals surface area contributed by atoms with Crippen molar-refractivity contribution in [3.63, 3.8) is 0 Å². The zero-order valence-corrected chi connectivity index (χ0v) is 14.0. The second-order valence-corrected chi connectivity index (χ2v) is 6.15. The van der Waals surface area contributed by atoms with Crippen LogP contribution in [0, 0.1) is 0 Å². The molecule has 3 rings (SSSR count). The molecule has 1 saturated heterocycles. The summed E-state index contributed by atoms with van der Waals surface area (Å²) in [6, 6.07) is 14.2. The fourth-order valence-electron chi connectivity index (χ4n) is 3.20. The molecule has 1 heterocycles. The average Bonchev–Trinajstić information content (AvgIpc) is 2.61. The molecule has 122 valence electrons. The standard InChI is InChI=1S/C19H25N3O/c1-3-21-11-13-22(14-12-21)19(23)15(2)20-18-10-6-8-16-7-4-5-9-17(16)18/h4-10,15,20H,3,11-14H2,1-2H3/t15-/m0/s1. The Labute approximate surface area is 138 Å². The van der Waals surface area contributed by atoms with Crippen molar-refractivity contribution in [1.29, 1.82) is 0 Å². The topological polar surface area (TPSA) is 35.6 Å². The number of likely N-dealkylation sites (N-methyl/N-ethyl adjacent to an activating group) is 1. The summed E-state index contributed by atoms with van der Waals surface area (Å²) in [6.07, 6.45) is 0. The van der Waals surface area contributed by atoms with Gasteiger partial charge in [-0.05, 0) is 24.9 Å². The van der Waals surface area contributed by atoms with Crippen molar-refractivity contribution in [3.8, 4) is 0 Å². The summed E-state index contributed by atoms with van der Waals surface area (Å²) in [4.78, 5) is 17.0. The first-order valence-corrected chi connectivity index (χ1v) is 8.44. The van der Waals surface area contributed by atoms with E-state index in [1.54, 1.807) is 0 Å². The van der Waals surface area contributed by atoms with Crippen molar-refractivity contribution in [1.82, 2.24) is 9.80 Å². The molecule has 2 aromatic rings. The smallest absolute Gasteiger partial charge is 0.244 e. The molecule has 1 atom stereocenters. The second-order valence-electron chi connectivity index (χ2n) is 6.15. The minimum atomic E-state index is -0.214. The molecule has 4 heteroatoms. The van der Waals surface area contributed by atoms with Gasteiger partial charge in [0.05, 0.1) is 0 Å². The van der Waals surface area contributed by atoms with Crippen LogP contribution >= 0.6 is 0 Å². The van der Waals surface area contributed by atoms with Crippen LogP contribution in [0.25, 0.3) is 10.8 Å². The van der Waals surface area contributed by atoms with E-state index in [0.717, 1.165) is 43.8 Å². The van der Waals surface area contributed by atoms with Crippen molar-refractivity contribution >= 4 is 22.4 Å². The van der Waals surface area contributed by atoms with E-state index in [9.17, 15) is 4.79 Å². The van der Waals surface area contributed by atoms with Crippen molar-refractivity contribution in [2.45, 2.75) is 19.9 Å². The summed E-state index contributed by atoms with van der Waals surface area (Å²) in [5.74, 6) is 0.189. The Kier molecular flexibility index (Phi) is 4.82. The quantitative estimate of drug-likeness (QED) is 0.943.